The molecule has 0 spiro atoms. The zero-order chi connectivity index (χ0) is 23.6. The summed E-state index contributed by atoms with van der Waals surface area (Å²) in [5.74, 6) is 0.0403. The number of hydrogen-bond acceptors (Lipinski definition) is 6. The van der Waals surface area contributed by atoms with Gasteiger partial charge < -0.3 is 20.3 Å². The zero-order valence-corrected chi connectivity index (χ0v) is 20.6. The van der Waals surface area contributed by atoms with Gasteiger partial charge in [0.1, 0.15) is 5.60 Å². The maximum absolute atomic E-state index is 12.4. The van der Waals surface area contributed by atoms with Crippen molar-refractivity contribution in [2.75, 3.05) is 39.3 Å². The Morgan fingerprint density at radius 3 is 2.10 bits per heavy atom. The van der Waals surface area contributed by atoms with Crippen molar-refractivity contribution >= 4 is 17.8 Å². The molecule has 0 radical (unpaired) electrons. The Morgan fingerprint density at radius 2 is 1.58 bits per heavy atom. The molecule has 0 saturated carbocycles. The molecule has 0 aromatic rings. The maximum Gasteiger partial charge on any atom is 0.320 e. The first-order valence-corrected chi connectivity index (χ1v) is 11.7. The number of unbranched alkanes of at least 4 members (excludes halogenated alkanes) is 1. The van der Waals surface area contributed by atoms with Gasteiger partial charge in [0.05, 0.1) is 12.6 Å². The number of urea groups is 1. The van der Waals surface area contributed by atoms with Gasteiger partial charge in [-0.15, -0.1) is 0 Å². The minimum atomic E-state index is -0.480. The lowest BCUT2D eigenvalue weighted by Gasteiger charge is -2.34. The van der Waals surface area contributed by atoms with Crippen LogP contribution in [0.15, 0.2) is 0 Å². The molecule has 1 fully saturated rings. The maximum atomic E-state index is 12.4. The minimum absolute atomic E-state index is 0.0185. The van der Waals surface area contributed by atoms with Crippen LogP contribution in [0.25, 0.3) is 0 Å². The lowest BCUT2D eigenvalue weighted by Crippen LogP contribution is -2.53. The number of amides is 2. The van der Waals surface area contributed by atoms with Gasteiger partial charge in [-0.05, 0) is 40.0 Å². The molecule has 1 atom stereocenters. The van der Waals surface area contributed by atoms with Crippen molar-refractivity contribution in [3.63, 3.8) is 0 Å². The van der Waals surface area contributed by atoms with E-state index in [2.05, 4.69) is 10.6 Å². The van der Waals surface area contributed by atoms with Gasteiger partial charge in [-0.25, -0.2) is 4.79 Å². The van der Waals surface area contributed by atoms with Crippen LogP contribution in [0, 0.1) is 5.92 Å². The van der Waals surface area contributed by atoms with Crippen molar-refractivity contribution in [3.8, 4) is 0 Å². The third-order valence-electron chi connectivity index (χ3n) is 5.08. The largest absolute Gasteiger partial charge is 0.459 e. The van der Waals surface area contributed by atoms with Gasteiger partial charge in [0.15, 0.2) is 5.78 Å². The van der Waals surface area contributed by atoms with E-state index in [4.69, 9.17) is 4.74 Å². The van der Waals surface area contributed by atoms with Gasteiger partial charge in [-0.3, -0.25) is 14.5 Å². The first-order valence-electron chi connectivity index (χ1n) is 11.7. The summed E-state index contributed by atoms with van der Waals surface area (Å²) in [5, 5.41) is 6.34. The van der Waals surface area contributed by atoms with Crippen molar-refractivity contribution in [2.24, 2.45) is 5.92 Å². The summed E-state index contributed by atoms with van der Waals surface area (Å²) in [4.78, 5) is 40.5. The van der Waals surface area contributed by atoms with E-state index >= 15 is 0 Å². The van der Waals surface area contributed by atoms with Crippen molar-refractivity contribution in [2.45, 2.75) is 85.4 Å². The van der Waals surface area contributed by atoms with Crippen LogP contribution < -0.4 is 10.6 Å². The Bertz CT molecular complexity index is 579. The summed E-state index contributed by atoms with van der Waals surface area (Å²) in [5.41, 5.74) is -0.480. The van der Waals surface area contributed by atoms with Crippen LogP contribution in [0.4, 0.5) is 4.79 Å². The normalized spacial score (nSPS) is 16.5. The van der Waals surface area contributed by atoms with Crippen LogP contribution in [-0.4, -0.2) is 84.5 Å². The van der Waals surface area contributed by atoms with Crippen LogP contribution in [0.3, 0.4) is 0 Å². The predicted molar refractivity (Wildman–Crippen MR) is 123 cm³/mol. The Kier molecular flexibility index (Phi) is 11.5. The summed E-state index contributed by atoms with van der Waals surface area (Å²) in [7, 11) is 0. The van der Waals surface area contributed by atoms with Crippen LogP contribution in [0.2, 0.25) is 0 Å². The number of Topliss-reactive ketones (excluding diaryl/α,β-unsaturated/α-hetero) is 1. The number of piperazine rings is 1. The van der Waals surface area contributed by atoms with E-state index in [1.165, 1.54) is 0 Å². The van der Waals surface area contributed by atoms with Crippen LogP contribution in [0.1, 0.15) is 67.7 Å². The molecule has 8 nitrogen and oxygen atoms in total. The lowest BCUT2D eigenvalue weighted by atomic mass is 9.96. The van der Waals surface area contributed by atoms with Crippen molar-refractivity contribution in [1.82, 2.24) is 20.4 Å². The van der Waals surface area contributed by atoms with Gasteiger partial charge in [0, 0.05) is 44.7 Å². The lowest BCUT2D eigenvalue weighted by molar-refractivity contribution is -0.156. The number of hydrogen-bond donors (Lipinski definition) is 2. The smallest absolute Gasteiger partial charge is 0.320 e. The van der Waals surface area contributed by atoms with Crippen LogP contribution >= 0.6 is 0 Å². The number of carbonyl (C=O) groups excluding carboxylic acids is 3. The molecule has 1 aliphatic heterocycles. The average molecular weight is 441 g/mol. The summed E-state index contributed by atoms with van der Waals surface area (Å²) in [6.07, 6.45) is 2.51. The Labute approximate surface area is 188 Å². The van der Waals surface area contributed by atoms with Crippen molar-refractivity contribution < 1.29 is 19.1 Å². The first-order chi connectivity index (χ1) is 14.4. The van der Waals surface area contributed by atoms with Crippen LogP contribution in [-0.2, 0) is 14.3 Å². The SMILES string of the molecule is CC(C)N[C@@H](CCCCNC(=O)N1CCN(CC(=O)OC(C)(C)C)CC1)C(=O)C(C)C. The Balaban J connectivity index is 2.26. The quantitative estimate of drug-likeness (QED) is 0.379. The molecular weight excluding hydrogens is 396 g/mol. The average Bonchev–Trinajstić information content (AvgIpc) is 2.64. The second-order valence-electron chi connectivity index (χ2n) is 10.0. The highest BCUT2D eigenvalue weighted by Gasteiger charge is 2.25. The highest BCUT2D eigenvalue weighted by Crippen LogP contribution is 2.10. The monoisotopic (exact) mass is 440 g/mol. The highest BCUT2D eigenvalue weighted by atomic mass is 16.6. The molecule has 1 heterocycles. The summed E-state index contributed by atoms with van der Waals surface area (Å²) < 4.78 is 5.36. The highest BCUT2D eigenvalue weighted by molar-refractivity contribution is 5.85. The van der Waals surface area contributed by atoms with E-state index in [0.29, 0.717) is 32.7 Å². The fourth-order valence-electron chi connectivity index (χ4n) is 3.56. The predicted octanol–water partition coefficient (Wildman–Crippen LogP) is 2.42. The van der Waals surface area contributed by atoms with Gasteiger partial charge >= 0.3 is 12.0 Å². The summed E-state index contributed by atoms with van der Waals surface area (Å²) in [6.45, 7) is 16.9. The molecule has 0 aromatic carbocycles. The molecule has 31 heavy (non-hydrogen) atoms. The number of rotatable bonds is 11. The van der Waals surface area contributed by atoms with Gasteiger partial charge in [-0.2, -0.15) is 0 Å². The molecule has 8 heteroatoms. The van der Waals surface area contributed by atoms with Gasteiger partial charge in [-0.1, -0.05) is 27.7 Å². The van der Waals surface area contributed by atoms with E-state index in [1.54, 1.807) is 4.90 Å². The molecule has 0 aliphatic carbocycles. The fraction of sp³-hybridized carbons (Fsp3) is 0.870. The standard InChI is InChI=1S/C23H44N4O4/c1-17(2)21(29)19(25-18(3)4)10-8-9-11-24-22(30)27-14-12-26(13-15-27)16-20(28)31-23(5,6)7/h17-19,25H,8-16H2,1-7H3,(H,24,30)/t19-/m0/s1. The Morgan fingerprint density at radius 1 is 0.968 bits per heavy atom. The second-order valence-corrected chi connectivity index (χ2v) is 10.0. The number of carbonyl (C=O) groups is 3. The summed E-state index contributed by atoms with van der Waals surface area (Å²) in [6, 6.07) is 0.0853. The van der Waals surface area contributed by atoms with E-state index in [0.717, 1.165) is 19.3 Å². The topological polar surface area (TPSA) is 91.0 Å². The molecule has 2 amide bonds. The molecule has 1 saturated heterocycles. The molecule has 0 bridgehead atoms. The Hall–Kier alpha value is -1.67. The molecule has 0 aromatic heterocycles. The molecule has 180 valence electrons. The molecule has 2 N–H and O–H groups in total. The third-order valence-corrected chi connectivity index (χ3v) is 5.08. The summed E-state index contributed by atoms with van der Waals surface area (Å²) >= 11 is 0. The molecule has 0 unspecified atom stereocenters. The van der Waals surface area contributed by atoms with E-state index in [9.17, 15) is 14.4 Å². The van der Waals surface area contributed by atoms with Crippen molar-refractivity contribution in [1.29, 1.82) is 0 Å². The second kappa shape index (κ2) is 13.0. The van der Waals surface area contributed by atoms with Gasteiger partial charge in [0.25, 0.3) is 0 Å². The minimum Gasteiger partial charge on any atom is -0.459 e. The number of nitrogens with one attached hydrogen (secondary N) is 2. The number of ketones is 1. The fourth-order valence-corrected chi connectivity index (χ4v) is 3.56. The molecule has 1 aliphatic rings. The number of ether oxygens (including phenoxy) is 1. The first kappa shape index (κ1) is 27.4. The van der Waals surface area contributed by atoms with E-state index < -0.39 is 5.60 Å². The van der Waals surface area contributed by atoms with Crippen molar-refractivity contribution in [3.05, 3.63) is 0 Å². The third kappa shape index (κ3) is 11.5. The van der Waals surface area contributed by atoms with Gasteiger partial charge in [0.2, 0.25) is 0 Å². The number of esters is 1. The van der Waals surface area contributed by atoms with E-state index in [-0.39, 0.29) is 42.3 Å². The van der Waals surface area contributed by atoms with Crippen LogP contribution in [0.5, 0.6) is 0 Å². The molecular formula is C23H44N4O4. The molecule has 1 rings (SSSR count). The zero-order valence-electron chi connectivity index (χ0n) is 20.6. The number of nitrogens with zero attached hydrogens (tertiary/aromatic N) is 2. The van der Waals surface area contributed by atoms with E-state index in [1.807, 2.05) is 53.4 Å².